The maximum absolute atomic E-state index is 13.7. The van der Waals surface area contributed by atoms with Crippen LogP contribution in [0.15, 0.2) is 48.5 Å². The van der Waals surface area contributed by atoms with Gasteiger partial charge in [-0.2, -0.15) is 0 Å². The van der Waals surface area contributed by atoms with Crippen LogP contribution in [0.1, 0.15) is 108 Å². The largest absolute Gasteiger partial charge is 0.481 e. The van der Waals surface area contributed by atoms with E-state index in [4.69, 9.17) is 14.6 Å². The molecule has 2 heterocycles. The van der Waals surface area contributed by atoms with Crippen molar-refractivity contribution in [2.45, 2.75) is 121 Å². The monoisotopic (exact) mass is 635 g/mol. The fourth-order valence-corrected chi connectivity index (χ4v) is 7.16. The van der Waals surface area contributed by atoms with Gasteiger partial charge in [0.2, 0.25) is 11.8 Å². The van der Waals surface area contributed by atoms with Crippen molar-refractivity contribution in [1.29, 1.82) is 0 Å². The summed E-state index contributed by atoms with van der Waals surface area (Å²) < 4.78 is 13.2. The summed E-state index contributed by atoms with van der Waals surface area (Å²) in [6.07, 6.45) is 5.75. The molecule has 3 aliphatic rings. The summed E-state index contributed by atoms with van der Waals surface area (Å²) in [5.41, 5.74) is 2.86. The Bertz CT molecular complexity index is 1340. The zero-order valence-electron chi connectivity index (χ0n) is 27.2. The number of carbonyl (C=O) groups excluding carboxylic acids is 2. The highest BCUT2D eigenvalue weighted by atomic mass is 16.7. The van der Waals surface area contributed by atoms with Gasteiger partial charge in [-0.25, -0.2) is 0 Å². The summed E-state index contributed by atoms with van der Waals surface area (Å²) in [7, 11) is 0. The maximum Gasteiger partial charge on any atom is 0.303 e. The van der Waals surface area contributed by atoms with E-state index >= 15 is 0 Å². The van der Waals surface area contributed by atoms with Crippen LogP contribution >= 0.6 is 0 Å². The molecule has 5 rings (SSSR count). The first kappa shape index (κ1) is 34.0. The number of piperidine rings is 1. The Morgan fingerprint density at radius 3 is 2.26 bits per heavy atom. The molecule has 6 unspecified atom stereocenters. The molecule has 46 heavy (non-hydrogen) atoms. The number of aliphatic hydroxyl groups excluding tert-OH is 1. The van der Waals surface area contributed by atoms with Gasteiger partial charge in [-0.05, 0) is 75.6 Å². The van der Waals surface area contributed by atoms with Gasteiger partial charge in [-0.15, -0.1) is 0 Å². The molecule has 2 saturated heterocycles. The molecule has 2 aromatic carbocycles. The van der Waals surface area contributed by atoms with Crippen molar-refractivity contribution >= 4 is 23.5 Å². The quantitative estimate of drug-likeness (QED) is 0.270. The summed E-state index contributed by atoms with van der Waals surface area (Å²) in [5.74, 6) is -0.711. The lowest BCUT2D eigenvalue weighted by atomic mass is 9.75. The third-order valence-electron chi connectivity index (χ3n) is 9.37. The van der Waals surface area contributed by atoms with Crippen LogP contribution in [0.3, 0.4) is 0 Å². The van der Waals surface area contributed by atoms with Crippen LogP contribution in [0.2, 0.25) is 0 Å². The first-order chi connectivity index (χ1) is 22.0. The predicted molar refractivity (Wildman–Crippen MR) is 174 cm³/mol. The number of nitrogens with zero attached hydrogens (tertiary/aromatic N) is 1. The highest BCUT2D eigenvalue weighted by Gasteiger charge is 2.44. The molecule has 1 saturated carbocycles. The van der Waals surface area contributed by atoms with E-state index in [0.717, 1.165) is 36.0 Å². The second-order valence-electron chi connectivity index (χ2n) is 14.1. The van der Waals surface area contributed by atoms with E-state index in [1.807, 2.05) is 57.2 Å². The molecular formula is C36H49N3O7. The maximum atomic E-state index is 13.7. The molecule has 250 valence electrons. The predicted octanol–water partition coefficient (Wildman–Crippen LogP) is 5.47. The van der Waals surface area contributed by atoms with Crippen LogP contribution in [-0.2, 0) is 30.5 Å². The second-order valence-corrected chi connectivity index (χ2v) is 14.1. The summed E-state index contributed by atoms with van der Waals surface area (Å²) in [6.45, 7) is 6.65. The number of aliphatic carboxylic acids is 1. The number of fused-ring (bicyclic) bond motifs is 1. The van der Waals surface area contributed by atoms with Gasteiger partial charge >= 0.3 is 5.97 Å². The molecule has 0 radical (unpaired) electrons. The molecule has 2 amide bonds. The van der Waals surface area contributed by atoms with E-state index in [2.05, 4.69) is 15.5 Å². The SMILES string of the molecule is CC(C)(C)NC(=O)C1CCC2CCCCC2N1CC1CC(c2ccc(CO)cc2)OC(c2ccc(NC(=O)CCC(=O)O)cc2)O1. The Morgan fingerprint density at radius 1 is 0.891 bits per heavy atom. The number of hydrogen-bond acceptors (Lipinski definition) is 7. The lowest BCUT2D eigenvalue weighted by Gasteiger charge is -2.50. The van der Waals surface area contributed by atoms with E-state index in [0.29, 0.717) is 30.6 Å². The van der Waals surface area contributed by atoms with Gasteiger partial charge in [-0.1, -0.05) is 49.2 Å². The van der Waals surface area contributed by atoms with Crippen LogP contribution in [0.5, 0.6) is 0 Å². The number of ether oxygens (including phenoxy) is 2. The molecule has 1 aliphatic carbocycles. The lowest BCUT2D eigenvalue weighted by Crippen LogP contribution is -2.61. The minimum absolute atomic E-state index is 0.0328. The fourth-order valence-electron chi connectivity index (χ4n) is 7.16. The average Bonchev–Trinajstić information content (AvgIpc) is 3.03. The lowest BCUT2D eigenvalue weighted by molar-refractivity contribution is -0.255. The van der Waals surface area contributed by atoms with E-state index in [9.17, 15) is 19.5 Å². The highest BCUT2D eigenvalue weighted by molar-refractivity contribution is 5.92. The van der Waals surface area contributed by atoms with E-state index in [1.165, 1.54) is 19.3 Å². The molecule has 0 aromatic heterocycles. The minimum Gasteiger partial charge on any atom is -0.481 e. The van der Waals surface area contributed by atoms with Gasteiger partial charge in [0.25, 0.3) is 0 Å². The number of rotatable bonds is 10. The molecule has 0 spiro atoms. The van der Waals surface area contributed by atoms with Gasteiger partial charge in [-0.3, -0.25) is 19.3 Å². The van der Waals surface area contributed by atoms with Crippen molar-refractivity contribution in [2.75, 3.05) is 11.9 Å². The van der Waals surface area contributed by atoms with Gasteiger partial charge in [0, 0.05) is 42.2 Å². The number of amides is 2. The van der Waals surface area contributed by atoms with Crippen molar-refractivity contribution in [2.24, 2.45) is 5.92 Å². The van der Waals surface area contributed by atoms with Crippen LogP contribution < -0.4 is 10.6 Å². The Morgan fingerprint density at radius 2 is 1.59 bits per heavy atom. The first-order valence-electron chi connectivity index (χ1n) is 16.7. The van der Waals surface area contributed by atoms with E-state index in [1.54, 1.807) is 12.1 Å². The smallest absolute Gasteiger partial charge is 0.303 e. The molecule has 0 bridgehead atoms. The Labute approximate surface area is 271 Å². The number of carbonyl (C=O) groups is 3. The van der Waals surface area contributed by atoms with Gasteiger partial charge in [0.1, 0.15) is 0 Å². The normalized spacial score (nSPS) is 27.0. The zero-order chi connectivity index (χ0) is 32.8. The Hall–Kier alpha value is -3.31. The van der Waals surface area contributed by atoms with Crippen molar-refractivity contribution in [3.63, 3.8) is 0 Å². The number of carboxylic acid groups (broad SMARTS) is 1. The highest BCUT2D eigenvalue weighted by Crippen LogP contribution is 2.42. The standard InChI is InChI=1S/C36H49N3O7/c1-36(2,3)38-34(44)30-17-14-24-6-4-5-7-29(24)39(30)21-28-20-31(25-10-8-23(22-40)9-11-25)46-35(45-28)26-12-15-27(16-13-26)37-32(41)18-19-33(42)43/h8-13,15-16,24,28-31,35,40H,4-7,14,17-22H2,1-3H3,(H,37,41)(H,38,44)(H,42,43). The second kappa shape index (κ2) is 15.1. The molecule has 2 aromatic rings. The third-order valence-corrected chi connectivity index (χ3v) is 9.37. The van der Waals surface area contributed by atoms with Crippen molar-refractivity contribution in [3.05, 3.63) is 65.2 Å². The van der Waals surface area contributed by atoms with Crippen LogP contribution in [0.4, 0.5) is 5.69 Å². The third kappa shape index (κ3) is 8.94. The average molecular weight is 636 g/mol. The van der Waals surface area contributed by atoms with Gasteiger partial charge < -0.3 is 30.3 Å². The molecule has 10 heteroatoms. The molecular weight excluding hydrogens is 586 g/mol. The van der Waals surface area contributed by atoms with Crippen LogP contribution in [-0.4, -0.2) is 63.2 Å². The summed E-state index contributed by atoms with van der Waals surface area (Å²) in [6, 6.07) is 15.1. The molecule has 6 atom stereocenters. The van der Waals surface area contributed by atoms with Crippen molar-refractivity contribution in [1.82, 2.24) is 10.2 Å². The number of hydrogen-bond donors (Lipinski definition) is 4. The fraction of sp³-hybridized carbons (Fsp3) is 0.583. The number of carboxylic acids is 1. The number of anilines is 1. The van der Waals surface area contributed by atoms with Crippen LogP contribution in [0, 0.1) is 5.92 Å². The zero-order valence-corrected chi connectivity index (χ0v) is 27.2. The summed E-state index contributed by atoms with van der Waals surface area (Å²) in [5, 5.41) is 24.4. The van der Waals surface area contributed by atoms with Crippen molar-refractivity contribution in [3.8, 4) is 0 Å². The first-order valence-corrected chi connectivity index (χ1v) is 16.7. The number of aliphatic hydroxyl groups is 1. The molecule has 10 nitrogen and oxygen atoms in total. The van der Waals surface area contributed by atoms with E-state index in [-0.39, 0.29) is 55.1 Å². The Balaban J connectivity index is 1.38. The van der Waals surface area contributed by atoms with Gasteiger partial charge in [0.15, 0.2) is 6.29 Å². The molecule has 2 aliphatic heterocycles. The number of benzene rings is 2. The number of likely N-dealkylation sites (tertiary alicyclic amines) is 1. The van der Waals surface area contributed by atoms with Gasteiger partial charge in [0.05, 0.1) is 31.3 Å². The minimum atomic E-state index is -1.02. The molecule has 3 fully saturated rings. The van der Waals surface area contributed by atoms with Crippen LogP contribution in [0.25, 0.3) is 0 Å². The summed E-state index contributed by atoms with van der Waals surface area (Å²) >= 11 is 0. The van der Waals surface area contributed by atoms with E-state index < -0.39 is 12.3 Å². The summed E-state index contributed by atoms with van der Waals surface area (Å²) in [4.78, 5) is 39.1. The molecule has 4 N–H and O–H groups in total. The topological polar surface area (TPSA) is 137 Å². The van der Waals surface area contributed by atoms with Crippen molar-refractivity contribution < 1.29 is 34.1 Å². The Kier molecular flexibility index (Phi) is 11.1. The number of nitrogens with one attached hydrogen (secondary N) is 2.